The zero-order chi connectivity index (χ0) is 12.4. The van der Waals surface area contributed by atoms with E-state index in [0.717, 1.165) is 11.8 Å². The highest BCUT2D eigenvalue weighted by atomic mass is 32.2. The summed E-state index contributed by atoms with van der Waals surface area (Å²) in [6.07, 6.45) is -1.05. The largest absolute Gasteiger partial charge is 0.399 e. The summed E-state index contributed by atoms with van der Waals surface area (Å²) in [5.74, 6) is 0. The van der Waals surface area contributed by atoms with Gasteiger partial charge in [-0.2, -0.15) is 0 Å². The molecule has 2 aromatic rings. The molecule has 0 fully saturated rings. The Bertz CT molecular complexity index is 527. The minimum Gasteiger partial charge on any atom is -0.399 e. The summed E-state index contributed by atoms with van der Waals surface area (Å²) in [6.45, 7) is 0. The number of aryl methyl sites for hydroxylation is 1. The Kier molecular flexibility index (Phi) is 3.28. The molecule has 0 amide bonds. The standard InChI is InChI=1S/C10H10F2N4S/c1-16-5-14-15-10(16)17-8-3-2-6(13)4-7(8)9(11)12/h2-5,9H,13H2,1H3. The number of nitrogens with two attached hydrogens (primary N) is 1. The second kappa shape index (κ2) is 4.70. The zero-order valence-electron chi connectivity index (χ0n) is 8.97. The highest BCUT2D eigenvalue weighted by molar-refractivity contribution is 7.99. The Morgan fingerprint density at radius 1 is 1.41 bits per heavy atom. The van der Waals surface area contributed by atoms with Crippen molar-refractivity contribution in [3.05, 3.63) is 30.1 Å². The molecule has 2 rings (SSSR count). The minimum atomic E-state index is -2.56. The second-order valence-electron chi connectivity index (χ2n) is 3.42. The number of nitrogens with zero attached hydrogens (tertiary/aromatic N) is 3. The van der Waals surface area contributed by atoms with Gasteiger partial charge in [-0.05, 0) is 30.0 Å². The maximum absolute atomic E-state index is 12.8. The van der Waals surface area contributed by atoms with Crippen molar-refractivity contribution < 1.29 is 8.78 Å². The Balaban J connectivity index is 2.36. The number of nitrogen functional groups attached to an aromatic ring is 1. The van der Waals surface area contributed by atoms with Crippen LogP contribution in [0.15, 0.2) is 34.6 Å². The lowest BCUT2D eigenvalue weighted by Crippen LogP contribution is -1.94. The van der Waals surface area contributed by atoms with E-state index in [4.69, 9.17) is 5.73 Å². The molecule has 0 saturated heterocycles. The van der Waals surface area contributed by atoms with Crippen molar-refractivity contribution in [3.8, 4) is 0 Å². The number of benzene rings is 1. The van der Waals surface area contributed by atoms with Crippen molar-refractivity contribution in [3.63, 3.8) is 0 Å². The fourth-order valence-corrected chi connectivity index (χ4v) is 2.17. The summed E-state index contributed by atoms with van der Waals surface area (Å²) in [5, 5.41) is 8.08. The molecule has 2 N–H and O–H groups in total. The molecule has 4 nitrogen and oxygen atoms in total. The summed E-state index contributed by atoms with van der Waals surface area (Å²) in [5.41, 5.74) is 5.73. The topological polar surface area (TPSA) is 56.7 Å². The van der Waals surface area contributed by atoms with Crippen molar-refractivity contribution in [1.29, 1.82) is 0 Å². The Labute approximate surface area is 101 Å². The van der Waals surface area contributed by atoms with Gasteiger partial charge in [0.15, 0.2) is 5.16 Å². The van der Waals surface area contributed by atoms with E-state index in [2.05, 4.69) is 10.2 Å². The zero-order valence-corrected chi connectivity index (χ0v) is 9.79. The maximum Gasteiger partial charge on any atom is 0.265 e. The van der Waals surface area contributed by atoms with Crippen LogP contribution >= 0.6 is 11.8 Å². The summed E-state index contributed by atoms with van der Waals surface area (Å²) in [4.78, 5) is 0.435. The molecule has 90 valence electrons. The molecule has 0 spiro atoms. The van der Waals surface area contributed by atoms with Crippen LogP contribution < -0.4 is 5.73 Å². The second-order valence-corrected chi connectivity index (χ2v) is 4.43. The van der Waals surface area contributed by atoms with Crippen LogP contribution in [0, 0.1) is 0 Å². The van der Waals surface area contributed by atoms with Crippen molar-refractivity contribution in [1.82, 2.24) is 14.8 Å². The number of hydrogen-bond donors (Lipinski definition) is 1. The number of halogens is 2. The van der Waals surface area contributed by atoms with E-state index in [1.54, 1.807) is 23.7 Å². The number of rotatable bonds is 3. The quantitative estimate of drug-likeness (QED) is 0.857. The van der Waals surface area contributed by atoms with Gasteiger partial charge in [0.2, 0.25) is 0 Å². The Hall–Kier alpha value is -1.63. The fourth-order valence-electron chi connectivity index (χ4n) is 1.29. The van der Waals surface area contributed by atoms with E-state index < -0.39 is 6.43 Å². The van der Waals surface area contributed by atoms with Crippen molar-refractivity contribution in [2.24, 2.45) is 7.05 Å². The van der Waals surface area contributed by atoms with E-state index in [9.17, 15) is 8.78 Å². The molecule has 0 saturated carbocycles. The van der Waals surface area contributed by atoms with Crippen LogP contribution in [0.4, 0.5) is 14.5 Å². The van der Waals surface area contributed by atoms with E-state index >= 15 is 0 Å². The maximum atomic E-state index is 12.8. The van der Waals surface area contributed by atoms with Crippen molar-refractivity contribution in [2.75, 3.05) is 5.73 Å². The third-order valence-electron chi connectivity index (χ3n) is 2.14. The molecule has 0 aliphatic carbocycles. The van der Waals surface area contributed by atoms with Crippen LogP contribution in [0.3, 0.4) is 0 Å². The van der Waals surface area contributed by atoms with Crippen molar-refractivity contribution in [2.45, 2.75) is 16.5 Å². The number of hydrogen-bond acceptors (Lipinski definition) is 4. The predicted octanol–water partition coefficient (Wildman–Crippen LogP) is 2.49. The van der Waals surface area contributed by atoms with E-state index in [1.165, 1.54) is 12.4 Å². The average Bonchev–Trinajstić information content (AvgIpc) is 2.67. The molecule has 0 bridgehead atoms. The molecule has 0 aliphatic rings. The molecule has 1 aromatic heterocycles. The Morgan fingerprint density at radius 2 is 2.18 bits per heavy atom. The SMILES string of the molecule is Cn1cnnc1Sc1ccc(N)cc1C(F)F. The summed E-state index contributed by atoms with van der Waals surface area (Å²) >= 11 is 1.14. The monoisotopic (exact) mass is 256 g/mol. The highest BCUT2D eigenvalue weighted by Crippen LogP contribution is 2.35. The van der Waals surface area contributed by atoms with E-state index in [1.807, 2.05) is 0 Å². The van der Waals surface area contributed by atoms with Gasteiger partial charge in [0.1, 0.15) is 6.33 Å². The number of alkyl halides is 2. The molecule has 7 heteroatoms. The van der Waals surface area contributed by atoms with Gasteiger partial charge in [-0.25, -0.2) is 8.78 Å². The van der Waals surface area contributed by atoms with Crippen LogP contribution in [-0.4, -0.2) is 14.8 Å². The smallest absolute Gasteiger partial charge is 0.265 e. The molecule has 0 aliphatic heterocycles. The average molecular weight is 256 g/mol. The van der Waals surface area contributed by atoms with E-state index in [0.29, 0.717) is 15.7 Å². The molecule has 0 unspecified atom stereocenters. The van der Waals surface area contributed by atoms with Crippen LogP contribution in [-0.2, 0) is 7.05 Å². The van der Waals surface area contributed by atoms with E-state index in [-0.39, 0.29) is 5.56 Å². The summed E-state index contributed by atoms with van der Waals surface area (Å²) < 4.78 is 27.3. The Morgan fingerprint density at radius 3 is 2.76 bits per heavy atom. The van der Waals surface area contributed by atoms with Gasteiger partial charge in [-0.1, -0.05) is 0 Å². The van der Waals surface area contributed by atoms with Crippen LogP contribution in [0.2, 0.25) is 0 Å². The first-order chi connectivity index (χ1) is 8.08. The van der Waals surface area contributed by atoms with Crippen LogP contribution in [0.5, 0.6) is 0 Å². The van der Waals surface area contributed by atoms with Gasteiger partial charge in [0.05, 0.1) is 0 Å². The third-order valence-corrected chi connectivity index (χ3v) is 3.28. The first-order valence-electron chi connectivity index (χ1n) is 4.77. The molecule has 17 heavy (non-hydrogen) atoms. The molecule has 0 atom stereocenters. The summed E-state index contributed by atoms with van der Waals surface area (Å²) in [6, 6.07) is 4.43. The number of aromatic nitrogens is 3. The fraction of sp³-hybridized carbons (Fsp3) is 0.200. The predicted molar refractivity (Wildman–Crippen MR) is 60.9 cm³/mol. The van der Waals surface area contributed by atoms with Gasteiger partial charge < -0.3 is 10.3 Å². The van der Waals surface area contributed by atoms with Crippen molar-refractivity contribution >= 4 is 17.4 Å². The first-order valence-corrected chi connectivity index (χ1v) is 5.59. The molecule has 1 heterocycles. The molecule has 1 aromatic carbocycles. The summed E-state index contributed by atoms with van der Waals surface area (Å²) in [7, 11) is 1.75. The molecular formula is C10H10F2N4S. The molecular weight excluding hydrogens is 246 g/mol. The lowest BCUT2D eigenvalue weighted by molar-refractivity contribution is 0.148. The van der Waals surface area contributed by atoms with Gasteiger partial charge in [-0.15, -0.1) is 10.2 Å². The lowest BCUT2D eigenvalue weighted by atomic mass is 10.2. The van der Waals surface area contributed by atoms with Crippen LogP contribution in [0.25, 0.3) is 0 Å². The highest BCUT2D eigenvalue weighted by Gasteiger charge is 2.15. The van der Waals surface area contributed by atoms with Gasteiger partial charge >= 0.3 is 0 Å². The molecule has 0 radical (unpaired) electrons. The van der Waals surface area contributed by atoms with Crippen LogP contribution in [0.1, 0.15) is 12.0 Å². The normalized spacial score (nSPS) is 11.1. The van der Waals surface area contributed by atoms with Gasteiger partial charge in [0.25, 0.3) is 6.43 Å². The third kappa shape index (κ3) is 2.55. The minimum absolute atomic E-state index is 0.0852. The van der Waals surface area contributed by atoms with Gasteiger partial charge in [0, 0.05) is 23.2 Å². The number of anilines is 1. The first kappa shape index (κ1) is 11.8. The van der Waals surface area contributed by atoms with Gasteiger partial charge in [-0.3, -0.25) is 0 Å². The lowest BCUT2D eigenvalue weighted by Gasteiger charge is -2.08.